The quantitative estimate of drug-likeness (QED) is 0.683. The number of methoxy groups -OCH3 is 1. The van der Waals surface area contributed by atoms with E-state index in [2.05, 4.69) is 0 Å². The molecule has 0 radical (unpaired) electrons. The maximum absolute atomic E-state index is 13.2. The van der Waals surface area contributed by atoms with E-state index in [1.807, 2.05) is 0 Å². The summed E-state index contributed by atoms with van der Waals surface area (Å²) >= 11 is 0. The van der Waals surface area contributed by atoms with Gasteiger partial charge < -0.3 is 20.1 Å². The van der Waals surface area contributed by atoms with Crippen LogP contribution in [0.1, 0.15) is 17.2 Å². The van der Waals surface area contributed by atoms with Gasteiger partial charge in [-0.3, -0.25) is 4.79 Å². The molecule has 1 aromatic rings. The van der Waals surface area contributed by atoms with E-state index in [1.54, 1.807) is 0 Å². The highest BCUT2D eigenvalue weighted by Gasteiger charge is 2.37. The van der Waals surface area contributed by atoms with Crippen molar-refractivity contribution in [1.82, 2.24) is 4.90 Å². The van der Waals surface area contributed by atoms with Gasteiger partial charge in [0.05, 0.1) is 31.5 Å². The van der Waals surface area contributed by atoms with Gasteiger partial charge in [-0.05, 0) is 17.7 Å². The number of carbonyl (C=O) groups is 1. The third-order valence-electron chi connectivity index (χ3n) is 3.30. The molecule has 1 saturated heterocycles. The van der Waals surface area contributed by atoms with Gasteiger partial charge in [-0.25, -0.2) is 0 Å². The zero-order chi connectivity index (χ0) is 15.6. The highest BCUT2D eigenvalue weighted by Crippen LogP contribution is 2.40. The molecule has 2 rings (SSSR count). The van der Waals surface area contributed by atoms with Crippen LogP contribution in [0.25, 0.3) is 0 Å². The predicted octanol–water partition coefficient (Wildman–Crippen LogP) is 1.83. The Hall–Kier alpha value is -1.96. The summed E-state index contributed by atoms with van der Waals surface area (Å²) in [5.41, 5.74) is 4.49. The molecule has 1 unspecified atom stereocenters. The topological polar surface area (TPSA) is 64.8 Å². The number of nitrogen functional groups attached to an aromatic ring is 1. The van der Waals surface area contributed by atoms with Crippen LogP contribution < -0.4 is 10.5 Å². The fraction of sp³-hybridized carbons (Fsp3) is 0.462. The number of ether oxygens (including phenoxy) is 2. The number of anilines is 1. The summed E-state index contributed by atoms with van der Waals surface area (Å²) in [7, 11) is 1.32. The van der Waals surface area contributed by atoms with Gasteiger partial charge in [0.25, 0.3) is 0 Å². The van der Waals surface area contributed by atoms with Crippen LogP contribution >= 0.6 is 0 Å². The molecule has 8 heteroatoms. The van der Waals surface area contributed by atoms with Gasteiger partial charge in [0.1, 0.15) is 11.9 Å². The summed E-state index contributed by atoms with van der Waals surface area (Å²) < 4.78 is 49.8. The Labute approximate surface area is 119 Å². The van der Waals surface area contributed by atoms with E-state index in [9.17, 15) is 18.0 Å². The zero-order valence-electron chi connectivity index (χ0n) is 11.3. The normalized spacial score (nSPS) is 19.4. The average Bonchev–Trinajstić information content (AvgIpc) is 2.46. The first kappa shape index (κ1) is 15.4. The van der Waals surface area contributed by atoms with Crippen LogP contribution in [-0.4, -0.2) is 38.1 Å². The standard InChI is InChI=1S/C13H15F3N2O3/c1-20-11-4-8(9(5-10(11)17)13(14,15)16)12-6-18(7-19)2-3-21-12/h4-5,7,12H,2-3,6,17H2,1H3. The van der Waals surface area contributed by atoms with Gasteiger partial charge in [-0.1, -0.05) is 0 Å². The number of hydrogen-bond donors (Lipinski definition) is 1. The van der Waals surface area contributed by atoms with Crippen LogP contribution in [0.2, 0.25) is 0 Å². The minimum Gasteiger partial charge on any atom is -0.495 e. The third kappa shape index (κ3) is 3.21. The lowest BCUT2D eigenvalue weighted by atomic mass is 9.99. The second-order valence-electron chi connectivity index (χ2n) is 4.64. The Morgan fingerprint density at radius 2 is 2.19 bits per heavy atom. The van der Waals surface area contributed by atoms with Gasteiger partial charge in [-0.2, -0.15) is 13.2 Å². The molecule has 0 spiro atoms. The number of amides is 1. The van der Waals surface area contributed by atoms with Gasteiger partial charge in [-0.15, -0.1) is 0 Å². The monoisotopic (exact) mass is 304 g/mol. The summed E-state index contributed by atoms with van der Waals surface area (Å²) in [4.78, 5) is 12.2. The molecule has 2 N–H and O–H groups in total. The number of benzene rings is 1. The molecule has 1 aromatic carbocycles. The van der Waals surface area contributed by atoms with Crippen molar-refractivity contribution in [3.05, 3.63) is 23.3 Å². The van der Waals surface area contributed by atoms with Crippen molar-refractivity contribution in [2.75, 3.05) is 32.5 Å². The first-order valence-corrected chi connectivity index (χ1v) is 6.22. The van der Waals surface area contributed by atoms with Crippen LogP contribution in [0.4, 0.5) is 18.9 Å². The van der Waals surface area contributed by atoms with Gasteiger partial charge in [0.2, 0.25) is 6.41 Å². The number of rotatable bonds is 3. The summed E-state index contributed by atoms with van der Waals surface area (Å²) in [6.45, 7) is 0.584. The van der Waals surface area contributed by atoms with E-state index in [4.69, 9.17) is 15.2 Å². The van der Waals surface area contributed by atoms with E-state index in [0.717, 1.165) is 6.07 Å². The Balaban J connectivity index is 2.47. The van der Waals surface area contributed by atoms with Crippen LogP contribution in [0.5, 0.6) is 5.75 Å². The van der Waals surface area contributed by atoms with E-state index in [-0.39, 0.29) is 30.2 Å². The number of alkyl halides is 3. The minimum atomic E-state index is -4.57. The summed E-state index contributed by atoms with van der Waals surface area (Å²) in [6, 6.07) is 2.05. The SMILES string of the molecule is COc1cc(C2CN(C=O)CCO2)c(C(F)(F)F)cc1N. The van der Waals surface area contributed by atoms with E-state index in [1.165, 1.54) is 18.1 Å². The average molecular weight is 304 g/mol. The molecule has 1 aliphatic rings. The molecule has 0 aliphatic carbocycles. The smallest absolute Gasteiger partial charge is 0.416 e. The molecule has 1 heterocycles. The number of halogens is 3. The van der Waals surface area contributed by atoms with Gasteiger partial charge in [0.15, 0.2) is 0 Å². The molecular formula is C13H15F3N2O3. The van der Waals surface area contributed by atoms with Crippen molar-refractivity contribution >= 4 is 12.1 Å². The largest absolute Gasteiger partial charge is 0.495 e. The Bertz CT molecular complexity index is 534. The molecule has 0 aromatic heterocycles. The Morgan fingerprint density at radius 3 is 2.76 bits per heavy atom. The highest BCUT2D eigenvalue weighted by atomic mass is 19.4. The van der Waals surface area contributed by atoms with Crippen molar-refractivity contribution in [3.8, 4) is 5.75 Å². The number of nitrogens with zero attached hydrogens (tertiary/aromatic N) is 1. The minimum absolute atomic E-state index is 0.0552. The van der Waals surface area contributed by atoms with E-state index >= 15 is 0 Å². The molecule has 116 valence electrons. The molecular weight excluding hydrogens is 289 g/mol. The maximum atomic E-state index is 13.2. The van der Waals surface area contributed by atoms with Crippen molar-refractivity contribution < 1.29 is 27.4 Å². The van der Waals surface area contributed by atoms with E-state index < -0.39 is 17.8 Å². The first-order valence-electron chi connectivity index (χ1n) is 6.22. The maximum Gasteiger partial charge on any atom is 0.416 e. The zero-order valence-corrected chi connectivity index (χ0v) is 11.3. The molecule has 5 nitrogen and oxygen atoms in total. The highest BCUT2D eigenvalue weighted by molar-refractivity contribution is 5.58. The number of morpholine rings is 1. The van der Waals surface area contributed by atoms with Crippen molar-refractivity contribution in [2.24, 2.45) is 0 Å². The van der Waals surface area contributed by atoms with Crippen LogP contribution in [0.15, 0.2) is 12.1 Å². The molecule has 0 bridgehead atoms. The fourth-order valence-corrected chi connectivity index (χ4v) is 2.25. The summed E-state index contributed by atoms with van der Waals surface area (Å²) in [6.07, 6.45) is -4.84. The van der Waals surface area contributed by atoms with Crippen molar-refractivity contribution in [1.29, 1.82) is 0 Å². The molecule has 0 saturated carbocycles. The van der Waals surface area contributed by atoms with Crippen molar-refractivity contribution in [2.45, 2.75) is 12.3 Å². The second kappa shape index (κ2) is 5.80. The van der Waals surface area contributed by atoms with Crippen LogP contribution in [0.3, 0.4) is 0 Å². The molecule has 1 aliphatic heterocycles. The fourth-order valence-electron chi connectivity index (χ4n) is 2.25. The van der Waals surface area contributed by atoms with Gasteiger partial charge >= 0.3 is 6.18 Å². The van der Waals surface area contributed by atoms with Gasteiger partial charge in [0, 0.05) is 6.54 Å². The van der Waals surface area contributed by atoms with Crippen LogP contribution in [0, 0.1) is 0 Å². The van der Waals surface area contributed by atoms with Crippen LogP contribution in [-0.2, 0) is 15.7 Å². The Kier molecular flexibility index (Phi) is 4.26. The van der Waals surface area contributed by atoms with E-state index in [0.29, 0.717) is 13.0 Å². The number of nitrogens with two attached hydrogens (primary N) is 1. The van der Waals surface area contributed by atoms with Crippen molar-refractivity contribution in [3.63, 3.8) is 0 Å². The molecule has 1 fully saturated rings. The number of carbonyl (C=O) groups excluding carboxylic acids is 1. The molecule has 21 heavy (non-hydrogen) atoms. The molecule has 1 atom stereocenters. The summed E-state index contributed by atoms with van der Waals surface area (Å²) in [5, 5.41) is 0. The molecule has 1 amide bonds. The summed E-state index contributed by atoms with van der Waals surface area (Å²) in [5.74, 6) is 0.143. The Morgan fingerprint density at radius 1 is 1.48 bits per heavy atom. The lowest BCUT2D eigenvalue weighted by molar-refractivity contribution is -0.141. The third-order valence-corrected chi connectivity index (χ3v) is 3.30. The first-order chi connectivity index (χ1) is 9.86. The lowest BCUT2D eigenvalue weighted by Crippen LogP contribution is -2.38. The predicted molar refractivity (Wildman–Crippen MR) is 68.7 cm³/mol. The lowest BCUT2D eigenvalue weighted by Gasteiger charge is -2.32. The second-order valence-corrected chi connectivity index (χ2v) is 4.64. The number of hydrogen-bond acceptors (Lipinski definition) is 4.